The van der Waals surface area contributed by atoms with Gasteiger partial charge in [0.05, 0.1) is 29.2 Å². The van der Waals surface area contributed by atoms with E-state index in [1.54, 1.807) is 32.9 Å². The average Bonchev–Trinajstić information content (AvgIpc) is 3.33. The topological polar surface area (TPSA) is 153 Å². The summed E-state index contributed by atoms with van der Waals surface area (Å²) in [5, 5.41) is 36.0. The first-order valence-electron chi connectivity index (χ1n) is 11.3. The molecule has 36 heavy (non-hydrogen) atoms. The van der Waals surface area contributed by atoms with Gasteiger partial charge >= 0.3 is 5.63 Å². The van der Waals surface area contributed by atoms with Crippen molar-refractivity contribution in [3.63, 3.8) is 0 Å². The van der Waals surface area contributed by atoms with E-state index in [1.807, 2.05) is 0 Å². The summed E-state index contributed by atoms with van der Waals surface area (Å²) in [6.07, 6.45) is -1.65. The van der Waals surface area contributed by atoms with Crippen molar-refractivity contribution in [2.75, 3.05) is 7.11 Å². The lowest BCUT2D eigenvalue weighted by atomic mass is 9.89. The molecule has 1 aliphatic heterocycles. The van der Waals surface area contributed by atoms with Gasteiger partial charge in [0.25, 0.3) is 0 Å². The molecule has 0 spiro atoms. The molecular formula is C25H29NO10. The second kappa shape index (κ2) is 9.94. The third-order valence-corrected chi connectivity index (χ3v) is 6.16. The molecular weight excluding hydrogens is 474 g/mol. The smallest absolute Gasteiger partial charge is 0.349 e. The van der Waals surface area contributed by atoms with Gasteiger partial charge < -0.3 is 43.2 Å². The van der Waals surface area contributed by atoms with Crippen molar-refractivity contribution in [3.8, 4) is 11.5 Å². The number of hydrogen-bond acceptors (Lipinski definition) is 11. The predicted octanol–water partition coefficient (Wildman–Crippen LogP) is 2.59. The number of nitrogens with zero attached hydrogens (tertiary/aromatic N) is 1. The molecule has 1 fully saturated rings. The summed E-state index contributed by atoms with van der Waals surface area (Å²) in [6, 6.07) is 4.76. The number of aliphatic hydroxyl groups is 2. The van der Waals surface area contributed by atoms with Crippen molar-refractivity contribution in [3.05, 3.63) is 57.8 Å². The van der Waals surface area contributed by atoms with Crippen LogP contribution in [0.1, 0.15) is 37.5 Å². The molecule has 0 amide bonds. The first-order valence-corrected chi connectivity index (χ1v) is 11.3. The van der Waals surface area contributed by atoms with Crippen LogP contribution >= 0.6 is 0 Å². The van der Waals surface area contributed by atoms with E-state index >= 15 is 0 Å². The Morgan fingerprint density at radius 2 is 1.94 bits per heavy atom. The van der Waals surface area contributed by atoms with Crippen molar-refractivity contribution in [1.29, 1.82) is 0 Å². The number of rotatable bonds is 7. The van der Waals surface area contributed by atoms with Crippen LogP contribution in [0.2, 0.25) is 0 Å². The molecule has 4 rings (SSSR count). The van der Waals surface area contributed by atoms with Gasteiger partial charge in [0.1, 0.15) is 47.6 Å². The molecule has 3 N–H and O–H groups in total. The summed E-state index contributed by atoms with van der Waals surface area (Å²) >= 11 is 0. The van der Waals surface area contributed by atoms with Gasteiger partial charge in [-0.2, -0.15) is 0 Å². The Kier molecular flexibility index (Phi) is 7.10. The molecule has 0 saturated carbocycles. The first kappa shape index (κ1) is 25.7. The lowest BCUT2D eigenvalue weighted by molar-refractivity contribution is -0.306. The molecule has 1 aliphatic rings. The first-order chi connectivity index (χ1) is 17.0. The number of hydrogen-bond donors (Lipinski definition) is 3. The van der Waals surface area contributed by atoms with E-state index in [2.05, 4.69) is 5.16 Å². The Hall–Kier alpha value is -3.38. The minimum Gasteiger partial charge on any atom is -0.506 e. The maximum Gasteiger partial charge on any atom is 0.349 e. The fourth-order valence-corrected chi connectivity index (χ4v) is 4.27. The molecule has 0 radical (unpaired) electrons. The van der Waals surface area contributed by atoms with Crippen molar-refractivity contribution in [2.45, 2.75) is 64.5 Å². The summed E-state index contributed by atoms with van der Waals surface area (Å²) in [5.74, 6) is -0.0907. The summed E-state index contributed by atoms with van der Waals surface area (Å²) in [5.41, 5.74) is -0.553. The SMILES string of the molecule is CO[C@@H]1[C@@H](O)[C@@H](O)[C@H](Oc2ccc3c(O)c(C(C)=NOCc4ccoc4)c(=O)oc3c2C)OC1(C)C. The van der Waals surface area contributed by atoms with Crippen molar-refractivity contribution >= 4 is 16.7 Å². The quantitative estimate of drug-likeness (QED) is 0.249. The average molecular weight is 504 g/mol. The molecule has 0 bridgehead atoms. The van der Waals surface area contributed by atoms with Crippen LogP contribution in [0.15, 0.2) is 49.5 Å². The van der Waals surface area contributed by atoms with Crippen LogP contribution < -0.4 is 10.4 Å². The predicted molar refractivity (Wildman–Crippen MR) is 127 cm³/mol. The molecule has 4 atom stereocenters. The van der Waals surface area contributed by atoms with E-state index < -0.39 is 35.8 Å². The van der Waals surface area contributed by atoms with Gasteiger partial charge in [-0.3, -0.25) is 0 Å². The van der Waals surface area contributed by atoms with Gasteiger partial charge in [-0.1, -0.05) is 5.16 Å². The zero-order valence-electron chi connectivity index (χ0n) is 20.5. The Balaban J connectivity index is 1.62. The molecule has 2 aromatic heterocycles. The van der Waals surface area contributed by atoms with E-state index in [1.165, 1.54) is 32.6 Å². The zero-order valence-corrected chi connectivity index (χ0v) is 20.5. The number of furan rings is 1. The van der Waals surface area contributed by atoms with Gasteiger partial charge in [-0.05, 0) is 45.9 Å². The summed E-state index contributed by atoms with van der Waals surface area (Å²) in [6.45, 7) is 6.69. The van der Waals surface area contributed by atoms with Gasteiger partial charge in [0.2, 0.25) is 6.29 Å². The highest BCUT2D eigenvalue weighted by atomic mass is 16.7. The number of aromatic hydroxyl groups is 1. The Morgan fingerprint density at radius 1 is 1.19 bits per heavy atom. The second-order valence-electron chi connectivity index (χ2n) is 9.11. The maximum absolute atomic E-state index is 12.8. The third kappa shape index (κ3) is 4.70. The number of methoxy groups -OCH3 is 1. The highest BCUT2D eigenvalue weighted by Crippen LogP contribution is 2.37. The van der Waals surface area contributed by atoms with Crippen molar-refractivity contribution in [2.24, 2.45) is 5.16 Å². The molecule has 1 saturated heterocycles. The molecule has 11 heteroatoms. The van der Waals surface area contributed by atoms with Crippen LogP contribution in [0, 0.1) is 6.92 Å². The summed E-state index contributed by atoms with van der Waals surface area (Å²) in [7, 11) is 1.42. The largest absolute Gasteiger partial charge is 0.506 e. The molecule has 0 unspecified atom stereocenters. The summed E-state index contributed by atoms with van der Waals surface area (Å²) < 4.78 is 27.5. The van der Waals surface area contributed by atoms with E-state index in [4.69, 9.17) is 27.9 Å². The summed E-state index contributed by atoms with van der Waals surface area (Å²) in [4.78, 5) is 18.0. The lowest BCUT2D eigenvalue weighted by Crippen LogP contribution is -2.63. The Bertz CT molecular complexity index is 1310. The maximum atomic E-state index is 12.8. The Labute approximate surface area is 206 Å². The molecule has 0 aliphatic carbocycles. The third-order valence-electron chi connectivity index (χ3n) is 6.16. The van der Waals surface area contributed by atoms with Gasteiger partial charge in [-0.15, -0.1) is 0 Å². The number of benzene rings is 1. The highest BCUT2D eigenvalue weighted by Gasteiger charge is 2.50. The standard InChI is InChI=1S/C25H29NO10/c1-12-16(34-24-20(29)19(28)22(31-5)25(3,4)36-24)7-6-15-18(27)17(23(30)35-21(12)15)13(2)26-33-11-14-8-9-32-10-14/h6-10,19-20,22,24,27-29H,11H2,1-5H3/t19-,20+,22+,24+/m0/s1. The van der Waals surface area contributed by atoms with Crippen molar-refractivity contribution in [1.82, 2.24) is 0 Å². The van der Waals surface area contributed by atoms with E-state index in [0.29, 0.717) is 5.56 Å². The van der Waals surface area contributed by atoms with Crippen molar-refractivity contribution < 1.29 is 43.2 Å². The van der Waals surface area contributed by atoms with Gasteiger partial charge in [0.15, 0.2) is 0 Å². The minimum atomic E-state index is -1.40. The molecule has 3 aromatic rings. The number of fused-ring (bicyclic) bond motifs is 1. The van der Waals surface area contributed by atoms with Gasteiger partial charge in [0, 0.05) is 18.2 Å². The zero-order chi connectivity index (χ0) is 26.2. The lowest BCUT2D eigenvalue weighted by Gasteiger charge is -2.46. The van der Waals surface area contributed by atoms with Crippen LogP contribution in [0.25, 0.3) is 11.0 Å². The number of oxime groups is 1. The van der Waals surface area contributed by atoms with E-state index in [-0.39, 0.29) is 40.4 Å². The van der Waals surface area contributed by atoms with Crippen LogP contribution in [0.3, 0.4) is 0 Å². The normalized spacial score (nSPS) is 24.1. The van der Waals surface area contributed by atoms with Crippen LogP contribution in [0.4, 0.5) is 0 Å². The number of ether oxygens (including phenoxy) is 3. The Morgan fingerprint density at radius 3 is 2.61 bits per heavy atom. The van der Waals surface area contributed by atoms with Crippen LogP contribution in [-0.2, 0) is 20.9 Å². The molecule has 11 nitrogen and oxygen atoms in total. The molecule has 3 heterocycles. The van der Waals surface area contributed by atoms with Gasteiger partial charge in [-0.25, -0.2) is 4.79 Å². The molecule has 1 aromatic carbocycles. The second-order valence-corrected chi connectivity index (χ2v) is 9.11. The molecule has 194 valence electrons. The monoisotopic (exact) mass is 503 g/mol. The van der Waals surface area contributed by atoms with Crippen LogP contribution in [0.5, 0.6) is 11.5 Å². The number of aliphatic hydroxyl groups excluding tert-OH is 2. The minimum absolute atomic E-state index is 0.0886. The fraction of sp³-hybridized carbons (Fsp3) is 0.440. The van der Waals surface area contributed by atoms with E-state index in [0.717, 1.165) is 5.56 Å². The fourth-order valence-electron chi connectivity index (χ4n) is 4.27. The van der Waals surface area contributed by atoms with Crippen LogP contribution in [-0.4, -0.2) is 58.3 Å². The van der Waals surface area contributed by atoms with E-state index in [9.17, 15) is 20.1 Å². The number of aryl methyl sites for hydroxylation is 1. The highest BCUT2D eigenvalue weighted by molar-refractivity contribution is 6.04.